The van der Waals surface area contributed by atoms with E-state index >= 15 is 0 Å². The molecule has 1 aromatic carbocycles. The number of piperazine rings is 1. The molecule has 1 saturated heterocycles. The maximum atomic E-state index is 5.61. The third-order valence-electron chi connectivity index (χ3n) is 5.43. The van der Waals surface area contributed by atoms with E-state index in [2.05, 4.69) is 50.1 Å². The van der Waals surface area contributed by atoms with Crippen LogP contribution < -0.4 is 11.1 Å². The van der Waals surface area contributed by atoms with Crippen LogP contribution in [-0.4, -0.2) is 67.1 Å². The predicted octanol–water partition coefficient (Wildman–Crippen LogP) is 3.22. The zero-order valence-corrected chi connectivity index (χ0v) is 16.7. The molecule has 1 aliphatic heterocycles. The van der Waals surface area contributed by atoms with Crippen molar-refractivity contribution in [1.82, 2.24) is 14.8 Å². The lowest BCUT2D eigenvalue weighted by Gasteiger charge is -2.34. The van der Waals surface area contributed by atoms with E-state index in [0.717, 1.165) is 50.4 Å². The Hall–Kier alpha value is -1.73. The third-order valence-corrected chi connectivity index (χ3v) is 6.17. The molecule has 1 aliphatic rings. The lowest BCUT2D eigenvalue weighted by Crippen LogP contribution is -2.47. The predicted molar refractivity (Wildman–Crippen MR) is 117 cm³/mol. The van der Waals surface area contributed by atoms with Gasteiger partial charge < -0.3 is 20.9 Å². The first-order valence-corrected chi connectivity index (χ1v) is 10.9. The van der Waals surface area contributed by atoms with Crippen LogP contribution in [0.4, 0.5) is 5.82 Å². The number of anilines is 1. The van der Waals surface area contributed by atoms with Gasteiger partial charge in [-0.2, -0.15) is 11.3 Å². The number of para-hydroxylation sites is 1. The average molecular weight is 384 g/mol. The van der Waals surface area contributed by atoms with Crippen molar-refractivity contribution in [3.05, 3.63) is 35.0 Å². The molecule has 4 rings (SSSR count). The molecule has 0 bridgehead atoms. The molecule has 0 aliphatic carbocycles. The molecule has 3 N–H and O–H groups in total. The van der Waals surface area contributed by atoms with Gasteiger partial charge in [-0.1, -0.05) is 18.2 Å². The standard InChI is InChI=1S/C21H29N5S/c22-7-3-9-25-11-13-26(14-12-25)10-4-8-23-21-19-16-27-15-18(19)17-5-1-2-6-20(17)24-21/h1-2,5-6,15-16H,3-4,7-14,22H2,(H,23,24). The second-order valence-corrected chi connectivity index (χ2v) is 8.03. The molecule has 6 heteroatoms. The monoisotopic (exact) mass is 383 g/mol. The van der Waals surface area contributed by atoms with E-state index in [9.17, 15) is 0 Å². The summed E-state index contributed by atoms with van der Waals surface area (Å²) in [4.78, 5) is 9.98. The van der Waals surface area contributed by atoms with Gasteiger partial charge in [-0.05, 0) is 43.9 Å². The first-order chi connectivity index (χ1) is 13.3. The number of hydrogen-bond acceptors (Lipinski definition) is 6. The van der Waals surface area contributed by atoms with Gasteiger partial charge in [-0.3, -0.25) is 0 Å². The summed E-state index contributed by atoms with van der Waals surface area (Å²) in [5, 5.41) is 11.8. The van der Waals surface area contributed by atoms with Crippen LogP contribution >= 0.6 is 11.3 Å². The van der Waals surface area contributed by atoms with Crippen molar-refractivity contribution in [2.75, 3.05) is 57.7 Å². The number of pyridine rings is 1. The van der Waals surface area contributed by atoms with Crippen LogP contribution in [0.5, 0.6) is 0 Å². The first kappa shape index (κ1) is 18.6. The van der Waals surface area contributed by atoms with E-state index in [1.165, 1.54) is 42.3 Å². The van der Waals surface area contributed by atoms with Gasteiger partial charge in [0, 0.05) is 54.3 Å². The molecule has 3 heterocycles. The van der Waals surface area contributed by atoms with E-state index in [1.54, 1.807) is 11.3 Å². The van der Waals surface area contributed by atoms with Crippen LogP contribution in [-0.2, 0) is 0 Å². The van der Waals surface area contributed by atoms with Gasteiger partial charge in [0.2, 0.25) is 0 Å². The molecule has 0 radical (unpaired) electrons. The summed E-state index contributed by atoms with van der Waals surface area (Å²) in [6, 6.07) is 8.41. The van der Waals surface area contributed by atoms with Crippen LogP contribution in [0.3, 0.4) is 0 Å². The van der Waals surface area contributed by atoms with Crippen LogP contribution in [0, 0.1) is 0 Å². The number of thiophene rings is 1. The van der Waals surface area contributed by atoms with Crippen LogP contribution in [0.25, 0.3) is 21.7 Å². The number of nitrogens with one attached hydrogen (secondary N) is 1. The summed E-state index contributed by atoms with van der Waals surface area (Å²) in [5.41, 5.74) is 6.68. The Bertz CT molecular complexity index is 869. The zero-order valence-electron chi connectivity index (χ0n) is 15.9. The van der Waals surface area contributed by atoms with Gasteiger partial charge in [-0.25, -0.2) is 4.98 Å². The van der Waals surface area contributed by atoms with E-state index in [-0.39, 0.29) is 0 Å². The fraction of sp³-hybridized carbons (Fsp3) is 0.476. The largest absolute Gasteiger partial charge is 0.369 e. The lowest BCUT2D eigenvalue weighted by atomic mass is 10.1. The number of aromatic nitrogens is 1. The molecular formula is C21H29N5S. The Labute approximate surface area is 165 Å². The van der Waals surface area contributed by atoms with Crippen LogP contribution in [0.15, 0.2) is 35.0 Å². The van der Waals surface area contributed by atoms with Gasteiger partial charge in [0.15, 0.2) is 0 Å². The number of benzene rings is 1. The summed E-state index contributed by atoms with van der Waals surface area (Å²) < 4.78 is 0. The number of rotatable bonds is 8. The minimum atomic E-state index is 0.798. The molecule has 144 valence electrons. The maximum Gasteiger partial charge on any atom is 0.135 e. The van der Waals surface area contributed by atoms with Crippen molar-refractivity contribution >= 4 is 38.8 Å². The van der Waals surface area contributed by atoms with Crippen molar-refractivity contribution < 1.29 is 0 Å². The van der Waals surface area contributed by atoms with Gasteiger partial charge in [0.1, 0.15) is 5.82 Å². The lowest BCUT2D eigenvalue weighted by molar-refractivity contribution is 0.132. The van der Waals surface area contributed by atoms with Crippen molar-refractivity contribution in [2.24, 2.45) is 5.73 Å². The second-order valence-electron chi connectivity index (χ2n) is 7.28. The minimum absolute atomic E-state index is 0.798. The van der Waals surface area contributed by atoms with Gasteiger partial charge in [0.25, 0.3) is 0 Å². The Kier molecular flexibility index (Phi) is 6.19. The molecular weight excluding hydrogens is 354 g/mol. The van der Waals surface area contributed by atoms with Crippen molar-refractivity contribution in [2.45, 2.75) is 12.8 Å². The van der Waals surface area contributed by atoms with Crippen LogP contribution in [0.1, 0.15) is 12.8 Å². The Morgan fingerprint density at radius 2 is 1.63 bits per heavy atom. The topological polar surface area (TPSA) is 57.4 Å². The molecule has 0 saturated carbocycles. The second kappa shape index (κ2) is 8.97. The fourth-order valence-corrected chi connectivity index (χ4v) is 4.70. The molecule has 3 aromatic rings. The Morgan fingerprint density at radius 1 is 0.926 bits per heavy atom. The number of nitrogens with zero attached hydrogens (tertiary/aromatic N) is 3. The summed E-state index contributed by atoms with van der Waals surface area (Å²) in [6.07, 6.45) is 2.25. The molecule has 1 fully saturated rings. The molecule has 0 unspecified atom stereocenters. The van der Waals surface area contributed by atoms with Crippen LogP contribution in [0.2, 0.25) is 0 Å². The first-order valence-electron chi connectivity index (χ1n) is 9.98. The summed E-state index contributed by atoms with van der Waals surface area (Å²) >= 11 is 1.75. The zero-order chi connectivity index (χ0) is 18.5. The highest BCUT2D eigenvalue weighted by Gasteiger charge is 2.15. The van der Waals surface area contributed by atoms with E-state index < -0.39 is 0 Å². The summed E-state index contributed by atoms with van der Waals surface area (Å²) in [5.74, 6) is 1.02. The van der Waals surface area contributed by atoms with Crippen molar-refractivity contribution in [1.29, 1.82) is 0 Å². The average Bonchev–Trinajstić information content (AvgIpc) is 3.21. The summed E-state index contributed by atoms with van der Waals surface area (Å²) in [7, 11) is 0. The normalized spacial score (nSPS) is 16.3. The molecule has 5 nitrogen and oxygen atoms in total. The maximum absolute atomic E-state index is 5.61. The molecule has 0 spiro atoms. The van der Waals surface area contributed by atoms with Gasteiger partial charge >= 0.3 is 0 Å². The quantitative estimate of drug-likeness (QED) is 0.585. The van der Waals surface area contributed by atoms with Gasteiger partial charge in [0.05, 0.1) is 5.52 Å². The minimum Gasteiger partial charge on any atom is -0.369 e. The molecule has 27 heavy (non-hydrogen) atoms. The SMILES string of the molecule is NCCCN1CCN(CCCNc2nc3ccccc3c3cscc23)CC1. The third kappa shape index (κ3) is 4.41. The smallest absolute Gasteiger partial charge is 0.135 e. The number of hydrogen-bond donors (Lipinski definition) is 2. The molecule has 2 aromatic heterocycles. The highest BCUT2D eigenvalue weighted by Crippen LogP contribution is 2.31. The molecule has 0 amide bonds. The fourth-order valence-electron chi connectivity index (χ4n) is 3.86. The van der Waals surface area contributed by atoms with Gasteiger partial charge in [-0.15, -0.1) is 0 Å². The van der Waals surface area contributed by atoms with Crippen molar-refractivity contribution in [3.63, 3.8) is 0 Å². The number of nitrogens with two attached hydrogens (primary N) is 1. The number of fused-ring (bicyclic) bond motifs is 3. The Balaban J connectivity index is 1.29. The van der Waals surface area contributed by atoms with E-state index in [1.807, 2.05) is 0 Å². The highest BCUT2D eigenvalue weighted by molar-refractivity contribution is 7.09. The molecule has 0 atom stereocenters. The van der Waals surface area contributed by atoms with E-state index in [4.69, 9.17) is 10.7 Å². The van der Waals surface area contributed by atoms with E-state index in [0.29, 0.717) is 0 Å². The Morgan fingerprint density at radius 3 is 2.41 bits per heavy atom. The van der Waals surface area contributed by atoms with Crippen molar-refractivity contribution in [3.8, 4) is 0 Å². The highest BCUT2D eigenvalue weighted by atomic mass is 32.1. The summed E-state index contributed by atoms with van der Waals surface area (Å²) in [6.45, 7) is 8.76.